The Morgan fingerprint density at radius 1 is 1.35 bits per heavy atom. The summed E-state index contributed by atoms with van der Waals surface area (Å²) in [5.74, 6) is 0.719. The number of carbonyl (C=O) groups is 1. The number of aromatic nitrogens is 3. The number of benzene rings is 1. The summed E-state index contributed by atoms with van der Waals surface area (Å²) in [6.45, 7) is 8.01. The lowest BCUT2D eigenvalue weighted by atomic mass is 9.92. The van der Waals surface area contributed by atoms with Gasteiger partial charge in [-0.1, -0.05) is 24.3 Å². The number of amides is 2. The molecule has 1 aromatic carbocycles. The normalized spacial score (nSPS) is 12.7. The number of urea groups is 1. The highest BCUT2D eigenvalue weighted by molar-refractivity contribution is 5.75. The van der Waals surface area contributed by atoms with Crippen LogP contribution in [0.3, 0.4) is 0 Å². The van der Waals surface area contributed by atoms with Crippen molar-refractivity contribution < 1.29 is 4.79 Å². The molecule has 23 heavy (non-hydrogen) atoms. The SMILES string of the molecule is Cc1ccccc1CC(C)(C)NC(=O)N[C@@H](C)c1nncn1C. The summed E-state index contributed by atoms with van der Waals surface area (Å²) in [5, 5.41) is 13.8. The van der Waals surface area contributed by atoms with Gasteiger partial charge in [-0.05, 0) is 45.2 Å². The van der Waals surface area contributed by atoms with Crippen LogP contribution in [-0.2, 0) is 13.5 Å². The molecule has 6 heteroatoms. The van der Waals surface area contributed by atoms with Gasteiger partial charge in [-0.15, -0.1) is 10.2 Å². The Hall–Kier alpha value is -2.37. The van der Waals surface area contributed by atoms with E-state index in [0.29, 0.717) is 0 Å². The van der Waals surface area contributed by atoms with Crippen molar-refractivity contribution in [3.05, 3.63) is 47.5 Å². The summed E-state index contributed by atoms with van der Waals surface area (Å²) in [5.41, 5.74) is 2.12. The van der Waals surface area contributed by atoms with Gasteiger partial charge in [0.25, 0.3) is 0 Å². The molecule has 0 aliphatic rings. The minimum absolute atomic E-state index is 0.209. The van der Waals surface area contributed by atoms with Crippen LogP contribution in [0.5, 0.6) is 0 Å². The Balaban J connectivity index is 1.96. The van der Waals surface area contributed by atoms with E-state index in [9.17, 15) is 4.79 Å². The van der Waals surface area contributed by atoms with E-state index in [1.54, 1.807) is 10.9 Å². The summed E-state index contributed by atoms with van der Waals surface area (Å²) in [6.07, 6.45) is 2.39. The Bertz CT molecular complexity index is 677. The molecule has 1 heterocycles. The summed E-state index contributed by atoms with van der Waals surface area (Å²) >= 11 is 0. The number of rotatable bonds is 5. The minimum Gasteiger partial charge on any atom is -0.333 e. The molecule has 0 aliphatic heterocycles. The molecule has 6 nitrogen and oxygen atoms in total. The van der Waals surface area contributed by atoms with Gasteiger partial charge in [-0.25, -0.2) is 4.79 Å². The minimum atomic E-state index is -0.351. The van der Waals surface area contributed by atoms with Crippen LogP contribution < -0.4 is 10.6 Å². The monoisotopic (exact) mass is 315 g/mol. The Morgan fingerprint density at radius 2 is 2.04 bits per heavy atom. The van der Waals surface area contributed by atoms with Gasteiger partial charge in [0.2, 0.25) is 0 Å². The lowest BCUT2D eigenvalue weighted by Gasteiger charge is -2.28. The lowest BCUT2D eigenvalue weighted by Crippen LogP contribution is -2.50. The molecule has 2 N–H and O–H groups in total. The van der Waals surface area contributed by atoms with E-state index in [4.69, 9.17) is 0 Å². The first kappa shape index (κ1) is 17.0. The van der Waals surface area contributed by atoms with Gasteiger partial charge in [-0.2, -0.15) is 0 Å². The lowest BCUT2D eigenvalue weighted by molar-refractivity contribution is 0.226. The fourth-order valence-electron chi connectivity index (χ4n) is 2.62. The Morgan fingerprint density at radius 3 is 2.65 bits per heavy atom. The van der Waals surface area contributed by atoms with Gasteiger partial charge in [0, 0.05) is 12.6 Å². The molecule has 0 bridgehead atoms. The van der Waals surface area contributed by atoms with E-state index in [2.05, 4.69) is 39.9 Å². The fourth-order valence-corrected chi connectivity index (χ4v) is 2.62. The predicted octanol–water partition coefficient (Wildman–Crippen LogP) is 2.51. The van der Waals surface area contributed by atoms with Gasteiger partial charge in [0.05, 0.1) is 6.04 Å². The molecule has 2 amide bonds. The van der Waals surface area contributed by atoms with Crippen molar-refractivity contribution in [3.8, 4) is 0 Å². The van der Waals surface area contributed by atoms with Crippen molar-refractivity contribution in [1.29, 1.82) is 0 Å². The molecular formula is C17H25N5O. The molecule has 0 fully saturated rings. The maximum absolute atomic E-state index is 12.3. The maximum atomic E-state index is 12.3. The summed E-state index contributed by atoms with van der Waals surface area (Å²) < 4.78 is 1.80. The van der Waals surface area contributed by atoms with Crippen molar-refractivity contribution in [2.75, 3.05) is 0 Å². The molecule has 0 aliphatic carbocycles. The predicted molar refractivity (Wildman–Crippen MR) is 90.0 cm³/mol. The van der Waals surface area contributed by atoms with Gasteiger partial charge in [-0.3, -0.25) is 0 Å². The standard InChI is InChI=1S/C17H25N5O/c1-12-8-6-7-9-14(12)10-17(3,4)20-16(23)19-13(2)15-21-18-11-22(15)5/h6-9,11,13H,10H2,1-5H3,(H2,19,20,23)/t13-/m0/s1. The van der Waals surface area contributed by atoms with Crippen molar-refractivity contribution in [2.45, 2.75) is 45.7 Å². The second-order valence-electron chi connectivity index (χ2n) is 6.61. The zero-order chi connectivity index (χ0) is 17.0. The highest BCUT2D eigenvalue weighted by atomic mass is 16.2. The van der Waals surface area contributed by atoms with E-state index >= 15 is 0 Å². The van der Waals surface area contributed by atoms with E-state index in [-0.39, 0.29) is 17.6 Å². The molecule has 0 radical (unpaired) electrons. The van der Waals surface area contributed by atoms with Crippen molar-refractivity contribution in [3.63, 3.8) is 0 Å². The number of hydrogen-bond donors (Lipinski definition) is 2. The largest absolute Gasteiger partial charge is 0.333 e. The summed E-state index contributed by atoms with van der Waals surface area (Å²) in [6, 6.07) is 7.81. The third-order valence-corrected chi connectivity index (χ3v) is 3.83. The highest BCUT2D eigenvalue weighted by Gasteiger charge is 2.23. The quantitative estimate of drug-likeness (QED) is 0.890. The van der Waals surface area contributed by atoms with Gasteiger partial charge in [0.1, 0.15) is 6.33 Å². The number of hydrogen-bond acceptors (Lipinski definition) is 3. The molecule has 0 unspecified atom stereocenters. The summed E-state index contributed by atoms with van der Waals surface area (Å²) in [4.78, 5) is 12.3. The molecule has 2 aromatic rings. The smallest absolute Gasteiger partial charge is 0.315 e. The third-order valence-electron chi connectivity index (χ3n) is 3.83. The zero-order valence-corrected chi connectivity index (χ0v) is 14.4. The molecule has 1 aromatic heterocycles. The van der Waals surface area contributed by atoms with Gasteiger partial charge in [0.15, 0.2) is 5.82 Å². The number of carbonyl (C=O) groups excluding carboxylic acids is 1. The second kappa shape index (κ2) is 6.81. The number of nitrogens with zero attached hydrogens (tertiary/aromatic N) is 3. The van der Waals surface area contributed by atoms with Crippen LogP contribution in [0.15, 0.2) is 30.6 Å². The fraction of sp³-hybridized carbons (Fsp3) is 0.471. The topological polar surface area (TPSA) is 71.8 Å². The maximum Gasteiger partial charge on any atom is 0.315 e. The average molecular weight is 315 g/mol. The first-order valence-electron chi connectivity index (χ1n) is 7.75. The van der Waals surface area contributed by atoms with Crippen LogP contribution in [0.4, 0.5) is 4.79 Å². The van der Waals surface area contributed by atoms with Crippen molar-refractivity contribution in [2.24, 2.45) is 7.05 Å². The van der Waals surface area contributed by atoms with E-state index in [0.717, 1.165) is 12.2 Å². The molecule has 124 valence electrons. The van der Waals surface area contributed by atoms with Crippen LogP contribution in [0.2, 0.25) is 0 Å². The Labute approximate surface area is 137 Å². The molecular weight excluding hydrogens is 290 g/mol. The molecule has 1 atom stereocenters. The van der Waals surface area contributed by atoms with Gasteiger partial charge < -0.3 is 15.2 Å². The van der Waals surface area contributed by atoms with Crippen LogP contribution in [-0.4, -0.2) is 26.3 Å². The van der Waals surface area contributed by atoms with Crippen LogP contribution in [0.1, 0.15) is 43.8 Å². The van der Waals surface area contributed by atoms with E-state index in [1.165, 1.54) is 11.1 Å². The molecule has 0 spiro atoms. The average Bonchev–Trinajstić information content (AvgIpc) is 2.86. The van der Waals surface area contributed by atoms with Gasteiger partial charge >= 0.3 is 6.03 Å². The molecule has 0 saturated carbocycles. The third kappa shape index (κ3) is 4.55. The van der Waals surface area contributed by atoms with Crippen LogP contribution in [0, 0.1) is 6.92 Å². The van der Waals surface area contributed by atoms with Crippen molar-refractivity contribution in [1.82, 2.24) is 25.4 Å². The number of nitrogens with one attached hydrogen (secondary N) is 2. The highest BCUT2D eigenvalue weighted by Crippen LogP contribution is 2.16. The molecule has 0 saturated heterocycles. The van der Waals surface area contributed by atoms with E-state index < -0.39 is 0 Å². The molecule has 2 rings (SSSR count). The zero-order valence-electron chi connectivity index (χ0n) is 14.4. The second-order valence-corrected chi connectivity index (χ2v) is 6.61. The van der Waals surface area contributed by atoms with E-state index in [1.807, 2.05) is 40.0 Å². The van der Waals surface area contributed by atoms with Crippen LogP contribution >= 0.6 is 0 Å². The first-order chi connectivity index (χ1) is 10.8. The number of aryl methyl sites for hydroxylation is 2. The first-order valence-corrected chi connectivity index (χ1v) is 7.75. The van der Waals surface area contributed by atoms with Crippen LogP contribution in [0.25, 0.3) is 0 Å². The van der Waals surface area contributed by atoms with Crippen molar-refractivity contribution >= 4 is 6.03 Å². The Kier molecular flexibility index (Phi) is 5.03. The summed E-state index contributed by atoms with van der Waals surface area (Å²) in [7, 11) is 1.85.